The number of hydrogen-bond acceptors (Lipinski definition) is 3. The summed E-state index contributed by atoms with van der Waals surface area (Å²) in [5.74, 6) is 1.60. The monoisotopic (exact) mass is 425 g/mol. The van der Waals surface area contributed by atoms with Crippen LogP contribution in [-0.2, 0) is 20.1 Å². The summed E-state index contributed by atoms with van der Waals surface area (Å²) in [6.07, 6.45) is 1.01. The van der Waals surface area contributed by atoms with Crippen molar-refractivity contribution in [2.75, 3.05) is 34.3 Å². The molecule has 0 fully saturated rings. The van der Waals surface area contributed by atoms with Gasteiger partial charge in [0.1, 0.15) is 10.9 Å². The third-order valence-corrected chi connectivity index (χ3v) is 5.12. The van der Waals surface area contributed by atoms with E-state index in [4.69, 9.17) is 27.9 Å². The predicted octanol–water partition coefficient (Wildman–Crippen LogP) is 3.53. The first-order valence-corrected chi connectivity index (χ1v) is 9.97. The predicted molar refractivity (Wildman–Crippen MR) is 118 cm³/mol. The van der Waals surface area contributed by atoms with Gasteiger partial charge in [-0.2, -0.15) is 0 Å². The van der Waals surface area contributed by atoms with Crippen LogP contribution in [0, 0.1) is 0 Å². The lowest BCUT2D eigenvalue weighted by molar-refractivity contribution is 0.281. The summed E-state index contributed by atoms with van der Waals surface area (Å²) in [4.78, 5) is 6.40. The minimum absolute atomic E-state index is 0.533. The molecule has 0 atom stereocenters. The molecule has 0 aliphatic carbocycles. The highest BCUT2D eigenvalue weighted by atomic mass is 35.5. The van der Waals surface area contributed by atoms with Crippen molar-refractivity contribution in [3.05, 3.63) is 51.8 Å². The lowest BCUT2D eigenvalue weighted by Gasteiger charge is -2.13. The fourth-order valence-corrected chi connectivity index (χ4v) is 3.03. The fourth-order valence-electron chi connectivity index (χ4n) is 2.61. The van der Waals surface area contributed by atoms with Crippen LogP contribution in [0.2, 0.25) is 10.2 Å². The summed E-state index contributed by atoms with van der Waals surface area (Å²) < 4.78 is 7.61. The van der Waals surface area contributed by atoms with Gasteiger partial charge in [0, 0.05) is 32.9 Å². The second kappa shape index (κ2) is 11.2. The van der Waals surface area contributed by atoms with Gasteiger partial charge < -0.3 is 24.8 Å². The lowest BCUT2D eigenvalue weighted by Crippen LogP contribution is -2.36. The Kier molecular flexibility index (Phi) is 8.96. The Labute approximate surface area is 177 Å². The van der Waals surface area contributed by atoms with Crippen LogP contribution >= 0.6 is 23.2 Å². The molecule has 0 amide bonds. The molecule has 2 N–H and O–H groups in total. The summed E-state index contributed by atoms with van der Waals surface area (Å²) in [6, 6.07) is 9.95. The van der Waals surface area contributed by atoms with E-state index in [9.17, 15) is 0 Å². The molecule has 154 valence electrons. The smallest absolute Gasteiger partial charge is 0.191 e. The number of aromatic nitrogens is 1. The second-order valence-electron chi connectivity index (χ2n) is 6.76. The number of nitrogens with one attached hydrogen (secondary N) is 2. The maximum absolute atomic E-state index is 6.10. The number of guanidine groups is 1. The minimum atomic E-state index is 0.533. The molecule has 8 heteroatoms. The van der Waals surface area contributed by atoms with Gasteiger partial charge in [0.15, 0.2) is 5.96 Å². The van der Waals surface area contributed by atoms with Gasteiger partial charge >= 0.3 is 0 Å². The Bertz CT molecular complexity index is 772. The first kappa shape index (κ1) is 22.4. The Morgan fingerprint density at radius 1 is 1.14 bits per heavy atom. The Hall–Kier alpha value is -1.89. The average Bonchev–Trinajstić information content (AvgIpc) is 2.93. The van der Waals surface area contributed by atoms with Gasteiger partial charge in [0.2, 0.25) is 0 Å². The highest BCUT2D eigenvalue weighted by molar-refractivity contribution is 6.41. The van der Waals surface area contributed by atoms with Crippen LogP contribution in [0.15, 0.2) is 35.3 Å². The topological polar surface area (TPSA) is 53.8 Å². The van der Waals surface area contributed by atoms with E-state index in [0.29, 0.717) is 29.2 Å². The fraction of sp³-hybridized carbons (Fsp3) is 0.450. The van der Waals surface area contributed by atoms with E-state index in [-0.39, 0.29) is 0 Å². The van der Waals surface area contributed by atoms with Crippen LogP contribution in [0.5, 0.6) is 5.75 Å². The largest absolute Gasteiger partial charge is 0.494 e. The van der Waals surface area contributed by atoms with Gasteiger partial charge in [-0.15, -0.1) is 0 Å². The molecule has 1 heterocycles. The van der Waals surface area contributed by atoms with Crippen molar-refractivity contribution in [3.63, 3.8) is 0 Å². The number of hydrogen-bond donors (Lipinski definition) is 2. The van der Waals surface area contributed by atoms with Crippen molar-refractivity contribution >= 4 is 29.2 Å². The van der Waals surface area contributed by atoms with Crippen molar-refractivity contribution in [1.29, 1.82) is 0 Å². The van der Waals surface area contributed by atoms with E-state index in [1.165, 1.54) is 0 Å². The van der Waals surface area contributed by atoms with Crippen LogP contribution in [0.1, 0.15) is 17.7 Å². The van der Waals surface area contributed by atoms with Crippen molar-refractivity contribution in [1.82, 2.24) is 20.1 Å². The maximum atomic E-state index is 6.10. The molecular weight excluding hydrogens is 397 g/mol. The first-order valence-electron chi connectivity index (χ1n) is 9.21. The summed E-state index contributed by atoms with van der Waals surface area (Å²) in [7, 11) is 7.75. The van der Waals surface area contributed by atoms with Gasteiger partial charge in [-0.25, -0.2) is 0 Å². The Morgan fingerprint density at radius 2 is 1.82 bits per heavy atom. The third kappa shape index (κ3) is 6.93. The zero-order chi connectivity index (χ0) is 20.5. The minimum Gasteiger partial charge on any atom is -0.494 e. The number of rotatable bonds is 9. The normalized spacial score (nSPS) is 11.8. The molecule has 0 saturated carbocycles. The maximum Gasteiger partial charge on any atom is 0.191 e. The van der Waals surface area contributed by atoms with E-state index in [0.717, 1.165) is 36.6 Å². The molecule has 0 radical (unpaired) electrons. The number of aliphatic imine (C=N–C) groups is 1. The van der Waals surface area contributed by atoms with Crippen LogP contribution in [0.25, 0.3) is 0 Å². The van der Waals surface area contributed by atoms with Crippen molar-refractivity contribution in [2.45, 2.75) is 19.5 Å². The van der Waals surface area contributed by atoms with E-state index in [1.807, 2.05) is 29.8 Å². The Morgan fingerprint density at radius 3 is 2.39 bits per heavy atom. The zero-order valence-corrected chi connectivity index (χ0v) is 18.4. The van der Waals surface area contributed by atoms with Crippen molar-refractivity contribution in [2.24, 2.45) is 12.0 Å². The van der Waals surface area contributed by atoms with Gasteiger partial charge in [-0.1, -0.05) is 35.3 Å². The molecular formula is C20H29Cl2N5O. The number of nitrogens with zero attached hydrogens (tertiary/aromatic N) is 3. The van der Waals surface area contributed by atoms with Gasteiger partial charge in [-0.3, -0.25) is 4.99 Å². The zero-order valence-electron chi connectivity index (χ0n) is 16.9. The molecule has 0 unspecified atom stereocenters. The van der Waals surface area contributed by atoms with E-state index < -0.39 is 0 Å². The lowest BCUT2D eigenvalue weighted by atomic mass is 10.2. The first-order chi connectivity index (χ1) is 13.4. The van der Waals surface area contributed by atoms with Crippen LogP contribution in [0.3, 0.4) is 0 Å². The molecule has 0 aliphatic heterocycles. The Balaban J connectivity index is 1.77. The highest BCUT2D eigenvalue weighted by Crippen LogP contribution is 2.24. The summed E-state index contributed by atoms with van der Waals surface area (Å²) in [5, 5.41) is 7.64. The SMILES string of the molecule is CN=C(NCc1ccc(OCCCN(C)C)cc1)NCc1cc(Cl)c(Cl)n1C. The molecule has 28 heavy (non-hydrogen) atoms. The third-order valence-electron chi connectivity index (χ3n) is 4.28. The van der Waals surface area contributed by atoms with Gasteiger partial charge in [0.05, 0.1) is 18.2 Å². The molecule has 0 saturated heterocycles. The van der Waals surface area contributed by atoms with Gasteiger partial charge in [-0.05, 0) is 44.3 Å². The van der Waals surface area contributed by atoms with Crippen molar-refractivity contribution < 1.29 is 4.74 Å². The molecule has 1 aromatic heterocycles. The molecule has 0 aliphatic rings. The molecule has 2 aromatic rings. The van der Waals surface area contributed by atoms with Crippen LogP contribution in [0.4, 0.5) is 0 Å². The number of halogens is 2. The summed E-state index contributed by atoms with van der Waals surface area (Å²) in [5.41, 5.74) is 2.13. The number of benzene rings is 1. The van der Waals surface area contributed by atoms with Crippen molar-refractivity contribution in [3.8, 4) is 5.75 Å². The summed E-state index contributed by atoms with van der Waals surface area (Å²) in [6.45, 7) is 2.98. The average molecular weight is 426 g/mol. The number of ether oxygens (including phenoxy) is 1. The molecule has 0 bridgehead atoms. The van der Waals surface area contributed by atoms with Crippen LogP contribution < -0.4 is 15.4 Å². The quantitative estimate of drug-likeness (QED) is 0.366. The highest BCUT2D eigenvalue weighted by Gasteiger charge is 2.09. The molecule has 2 rings (SSSR count). The van der Waals surface area contributed by atoms with Crippen LogP contribution in [-0.4, -0.2) is 49.7 Å². The standard InChI is InChI=1S/C20H29Cl2N5O/c1-23-20(25-14-16-12-18(21)19(22)27(16)4)24-13-15-6-8-17(9-7-15)28-11-5-10-26(2)3/h6-9,12H,5,10-11,13-14H2,1-4H3,(H2,23,24,25). The van der Waals surface area contributed by atoms with E-state index in [2.05, 4.69) is 46.8 Å². The summed E-state index contributed by atoms with van der Waals surface area (Å²) >= 11 is 12.2. The van der Waals surface area contributed by atoms with E-state index >= 15 is 0 Å². The molecule has 0 spiro atoms. The molecule has 1 aromatic carbocycles. The van der Waals surface area contributed by atoms with E-state index in [1.54, 1.807) is 7.05 Å². The molecule has 6 nitrogen and oxygen atoms in total. The second-order valence-corrected chi connectivity index (χ2v) is 7.53. The van der Waals surface area contributed by atoms with Gasteiger partial charge in [0.25, 0.3) is 0 Å².